The molecule has 1 aromatic heterocycles. The van der Waals surface area contributed by atoms with Gasteiger partial charge in [0.25, 0.3) is 11.8 Å². The van der Waals surface area contributed by atoms with Crippen molar-refractivity contribution in [1.29, 1.82) is 0 Å². The van der Waals surface area contributed by atoms with Gasteiger partial charge in [-0.1, -0.05) is 29.8 Å². The number of hydrazine groups is 1. The molecule has 6 heteroatoms. The van der Waals surface area contributed by atoms with Crippen LogP contribution in [0, 0.1) is 13.8 Å². The SMILES string of the molecule is Cc1ccc(C(=O)NNC(=O)[C@@H](C)n2cnc3ccccc32)c(C)c1. The lowest BCUT2D eigenvalue weighted by Gasteiger charge is -2.15. The van der Waals surface area contributed by atoms with Crippen molar-refractivity contribution >= 4 is 22.8 Å². The summed E-state index contributed by atoms with van der Waals surface area (Å²) in [4.78, 5) is 28.9. The molecule has 0 aliphatic rings. The Morgan fingerprint density at radius 2 is 1.84 bits per heavy atom. The molecule has 3 rings (SSSR count). The minimum atomic E-state index is -0.508. The second-order valence-electron chi connectivity index (χ2n) is 6.08. The van der Waals surface area contributed by atoms with E-state index in [9.17, 15) is 9.59 Å². The number of carbonyl (C=O) groups excluding carboxylic acids is 2. The quantitative estimate of drug-likeness (QED) is 0.722. The first-order chi connectivity index (χ1) is 12.0. The van der Waals surface area contributed by atoms with Gasteiger partial charge in [0.1, 0.15) is 6.04 Å². The van der Waals surface area contributed by atoms with E-state index in [-0.39, 0.29) is 11.8 Å². The highest BCUT2D eigenvalue weighted by atomic mass is 16.2. The lowest BCUT2D eigenvalue weighted by atomic mass is 10.1. The third-order valence-electron chi connectivity index (χ3n) is 4.20. The Morgan fingerprint density at radius 1 is 1.08 bits per heavy atom. The van der Waals surface area contributed by atoms with Crippen molar-refractivity contribution < 1.29 is 9.59 Å². The molecule has 2 N–H and O–H groups in total. The molecule has 0 spiro atoms. The van der Waals surface area contributed by atoms with E-state index in [2.05, 4.69) is 15.8 Å². The molecule has 0 aliphatic heterocycles. The van der Waals surface area contributed by atoms with Gasteiger partial charge >= 0.3 is 0 Å². The van der Waals surface area contributed by atoms with E-state index in [1.807, 2.05) is 50.2 Å². The van der Waals surface area contributed by atoms with Crippen LogP contribution in [0.25, 0.3) is 11.0 Å². The summed E-state index contributed by atoms with van der Waals surface area (Å²) in [5.74, 6) is -0.658. The topological polar surface area (TPSA) is 76.0 Å². The summed E-state index contributed by atoms with van der Waals surface area (Å²) in [6.07, 6.45) is 1.63. The Bertz CT molecular complexity index is 946. The molecule has 2 aromatic carbocycles. The Kier molecular flexibility index (Phi) is 4.52. The molecule has 0 saturated carbocycles. The fourth-order valence-electron chi connectivity index (χ4n) is 2.77. The second-order valence-corrected chi connectivity index (χ2v) is 6.08. The number of fused-ring (bicyclic) bond motifs is 1. The van der Waals surface area contributed by atoms with Crippen LogP contribution in [0.2, 0.25) is 0 Å². The normalized spacial score (nSPS) is 12.0. The molecule has 1 heterocycles. The molecule has 0 saturated heterocycles. The predicted octanol–water partition coefficient (Wildman–Crippen LogP) is 2.68. The van der Waals surface area contributed by atoms with Gasteiger partial charge in [0, 0.05) is 5.56 Å². The molecule has 0 bridgehead atoms. The van der Waals surface area contributed by atoms with Crippen LogP contribution in [0.15, 0.2) is 48.8 Å². The zero-order valence-corrected chi connectivity index (χ0v) is 14.4. The van der Waals surface area contributed by atoms with Crippen LogP contribution in [-0.4, -0.2) is 21.4 Å². The van der Waals surface area contributed by atoms with Crippen LogP contribution >= 0.6 is 0 Å². The fraction of sp³-hybridized carbons (Fsp3) is 0.211. The predicted molar refractivity (Wildman–Crippen MR) is 96.0 cm³/mol. The maximum absolute atomic E-state index is 12.4. The largest absolute Gasteiger partial charge is 0.318 e. The van der Waals surface area contributed by atoms with Crippen LogP contribution in [0.4, 0.5) is 0 Å². The van der Waals surface area contributed by atoms with Gasteiger partial charge in [0.2, 0.25) is 0 Å². The smallest absolute Gasteiger partial charge is 0.269 e. The van der Waals surface area contributed by atoms with Crippen molar-refractivity contribution in [2.75, 3.05) is 0 Å². The third kappa shape index (κ3) is 3.38. The number of nitrogens with zero attached hydrogens (tertiary/aromatic N) is 2. The van der Waals surface area contributed by atoms with Crippen LogP contribution in [0.5, 0.6) is 0 Å². The molecular formula is C19H20N4O2. The van der Waals surface area contributed by atoms with Gasteiger partial charge in [0.05, 0.1) is 17.4 Å². The molecule has 3 aromatic rings. The average molecular weight is 336 g/mol. The van der Waals surface area contributed by atoms with E-state index < -0.39 is 6.04 Å². The van der Waals surface area contributed by atoms with Crippen molar-refractivity contribution in [1.82, 2.24) is 20.4 Å². The number of hydrogen-bond acceptors (Lipinski definition) is 3. The van der Waals surface area contributed by atoms with E-state index in [4.69, 9.17) is 0 Å². The Labute approximate surface area is 145 Å². The van der Waals surface area contributed by atoms with Crippen molar-refractivity contribution in [3.05, 3.63) is 65.5 Å². The number of amides is 2. The zero-order valence-electron chi connectivity index (χ0n) is 14.4. The first kappa shape index (κ1) is 16.7. The minimum absolute atomic E-state index is 0.318. The summed E-state index contributed by atoms with van der Waals surface area (Å²) in [5, 5.41) is 0. The van der Waals surface area contributed by atoms with Crippen LogP contribution in [-0.2, 0) is 4.79 Å². The first-order valence-corrected chi connectivity index (χ1v) is 8.06. The maximum Gasteiger partial charge on any atom is 0.269 e. The van der Waals surface area contributed by atoms with Gasteiger partial charge in [-0.05, 0) is 44.5 Å². The molecular weight excluding hydrogens is 316 g/mol. The maximum atomic E-state index is 12.4. The standard InChI is InChI=1S/C19H20N4O2/c1-12-8-9-15(13(2)10-12)19(25)22-21-18(24)14(3)23-11-20-16-6-4-5-7-17(16)23/h4-11,14H,1-3H3,(H,21,24)(H,22,25)/t14-/m1/s1. The van der Waals surface area contributed by atoms with Gasteiger partial charge < -0.3 is 4.57 Å². The second kappa shape index (κ2) is 6.76. The monoisotopic (exact) mass is 336 g/mol. The molecule has 2 amide bonds. The number of rotatable bonds is 3. The number of benzene rings is 2. The van der Waals surface area contributed by atoms with Crippen LogP contribution in [0.3, 0.4) is 0 Å². The number of imidazole rings is 1. The Hall–Kier alpha value is -3.15. The summed E-state index contributed by atoms with van der Waals surface area (Å²) in [6.45, 7) is 5.59. The number of nitrogens with one attached hydrogen (secondary N) is 2. The molecule has 0 radical (unpaired) electrons. The van der Waals surface area contributed by atoms with Crippen molar-refractivity contribution in [2.24, 2.45) is 0 Å². The van der Waals surface area contributed by atoms with Gasteiger partial charge in [-0.25, -0.2) is 4.98 Å². The lowest BCUT2D eigenvalue weighted by Crippen LogP contribution is -2.44. The van der Waals surface area contributed by atoms with E-state index in [0.717, 1.165) is 22.2 Å². The minimum Gasteiger partial charge on any atom is -0.318 e. The highest BCUT2D eigenvalue weighted by Gasteiger charge is 2.18. The van der Waals surface area contributed by atoms with Gasteiger partial charge in [-0.2, -0.15) is 0 Å². The molecule has 0 fully saturated rings. The van der Waals surface area contributed by atoms with E-state index in [0.29, 0.717) is 5.56 Å². The van der Waals surface area contributed by atoms with Crippen LogP contribution in [0.1, 0.15) is 34.5 Å². The molecule has 0 unspecified atom stereocenters. The highest BCUT2D eigenvalue weighted by Crippen LogP contribution is 2.17. The Balaban J connectivity index is 1.68. The van der Waals surface area contributed by atoms with Gasteiger partial charge in [-0.15, -0.1) is 0 Å². The molecule has 0 aliphatic carbocycles. The summed E-state index contributed by atoms with van der Waals surface area (Å²) < 4.78 is 1.77. The average Bonchev–Trinajstić information content (AvgIpc) is 3.02. The summed E-state index contributed by atoms with van der Waals surface area (Å²) in [7, 11) is 0. The van der Waals surface area contributed by atoms with E-state index in [1.165, 1.54) is 0 Å². The van der Waals surface area contributed by atoms with Crippen molar-refractivity contribution in [3.63, 3.8) is 0 Å². The first-order valence-electron chi connectivity index (χ1n) is 8.06. The Morgan fingerprint density at radius 3 is 2.60 bits per heavy atom. The number of aryl methyl sites for hydroxylation is 2. The fourth-order valence-corrected chi connectivity index (χ4v) is 2.77. The summed E-state index contributed by atoms with van der Waals surface area (Å²) in [5.41, 5.74) is 9.13. The molecule has 1 atom stereocenters. The molecule has 128 valence electrons. The molecule has 6 nitrogen and oxygen atoms in total. The highest BCUT2D eigenvalue weighted by molar-refractivity contribution is 5.97. The number of hydrogen-bond donors (Lipinski definition) is 2. The summed E-state index contributed by atoms with van der Waals surface area (Å²) >= 11 is 0. The van der Waals surface area contributed by atoms with E-state index >= 15 is 0 Å². The summed E-state index contributed by atoms with van der Waals surface area (Å²) in [6, 6.07) is 12.6. The third-order valence-corrected chi connectivity index (χ3v) is 4.20. The van der Waals surface area contributed by atoms with E-state index in [1.54, 1.807) is 23.9 Å². The zero-order chi connectivity index (χ0) is 18.0. The number of para-hydroxylation sites is 2. The van der Waals surface area contributed by atoms with Crippen molar-refractivity contribution in [3.8, 4) is 0 Å². The van der Waals surface area contributed by atoms with Crippen LogP contribution < -0.4 is 10.9 Å². The lowest BCUT2D eigenvalue weighted by molar-refractivity contribution is -0.124. The molecule has 25 heavy (non-hydrogen) atoms. The van der Waals surface area contributed by atoms with Gasteiger partial charge in [0.15, 0.2) is 0 Å². The van der Waals surface area contributed by atoms with Gasteiger partial charge in [-0.3, -0.25) is 20.4 Å². The van der Waals surface area contributed by atoms with Crippen molar-refractivity contribution in [2.45, 2.75) is 26.8 Å². The number of aromatic nitrogens is 2. The number of carbonyl (C=O) groups is 2.